The van der Waals surface area contributed by atoms with Crippen molar-refractivity contribution in [2.75, 3.05) is 13.1 Å². The molecule has 3 N–H and O–H groups in total. The number of nitrogens with zero attached hydrogens (tertiary/aromatic N) is 2. The van der Waals surface area contributed by atoms with Crippen LogP contribution in [0.3, 0.4) is 0 Å². The first kappa shape index (κ1) is 18.7. The number of amides is 1. The molecule has 0 atom stereocenters. The summed E-state index contributed by atoms with van der Waals surface area (Å²) in [5.41, 5.74) is 7.77. The number of carbonyl (C=O) groups excluding carboxylic acids is 1. The minimum Gasteiger partial charge on any atom is -0.352 e. The number of halogens is 2. The molecule has 1 aromatic carbocycles. The highest BCUT2D eigenvalue weighted by Gasteiger charge is 2.14. The predicted molar refractivity (Wildman–Crippen MR) is 93.9 cm³/mol. The lowest BCUT2D eigenvalue weighted by Gasteiger charge is -2.07. The average Bonchev–Trinajstić information content (AvgIpc) is 2.85. The van der Waals surface area contributed by atoms with Crippen LogP contribution in [0.4, 0.5) is 0 Å². The first-order chi connectivity index (χ1) is 10.1. The lowest BCUT2D eigenvalue weighted by atomic mass is 10.2. The van der Waals surface area contributed by atoms with E-state index in [1.807, 2.05) is 31.2 Å². The van der Waals surface area contributed by atoms with Crippen molar-refractivity contribution in [1.29, 1.82) is 0 Å². The summed E-state index contributed by atoms with van der Waals surface area (Å²) in [6, 6.07) is 7.80. The number of unbranched alkanes of at least 4 members (excludes halogenated alkanes) is 1. The average molecular weight is 388 g/mol. The van der Waals surface area contributed by atoms with Crippen LogP contribution in [0.5, 0.6) is 0 Å². The molecular weight excluding hydrogens is 368 g/mol. The number of nitrogens with one attached hydrogen (secondary N) is 1. The van der Waals surface area contributed by atoms with Gasteiger partial charge in [0.05, 0.1) is 23.1 Å². The zero-order valence-electron chi connectivity index (χ0n) is 12.4. The van der Waals surface area contributed by atoms with Gasteiger partial charge in [0.1, 0.15) is 0 Å². The minimum atomic E-state index is -0.0919. The SMILES string of the molecule is Cc1c(C(=O)NCCCCN)cnn1-c1cccc(Br)c1.Cl. The minimum absolute atomic E-state index is 0. The van der Waals surface area contributed by atoms with Crippen LogP contribution in [0.15, 0.2) is 34.9 Å². The fraction of sp³-hybridized carbons (Fsp3) is 0.333. The first-order valence-electron chi connectivity index (χ1n) is 6.92. The number of hydrogen-bond donors (Lipinski definition) is 2. The molecule has 0 radical (unpaired) electrons. The molecule has 5 nitrogen and oxygen atoms in total. The van der Waals surface area contributed by atoms with Crippen molar-refractivity contribution >= 4 is 34.2 Å². The fourth-order valence-corrected chi connectivity index (χ4v) is 2.45. The Balaban J connectivity index is 0.00000242. The summed E-state index contributed by atoms with van der Waals surface area (Å²) in [6.07, 6.45) is 3.41. The largest absolute Gasteiger partial charge is 0.352 e. The van der Waals surface area contributed by atoms with E-state index in [-0.39, 0.29) is 18.3 Å². The van der Waals surface area contributed by atoms with Crippen molar-refractivity contribution in [3.05, 3.63) is 46.2 Å². The lowest BCUT2D eigenvalue weighted by molar-refractivity contribution is 0.0952. The van der Waals surface area contributed by atoms with E-state index in [1.165, 1.54) is 0 Å². The Hall–Kier alpha value is -1.37. The van der Waals surface area contributed by atoms with Crippen molar-refractivity contribution in [3.63, 3.8) is 0 Å². The maximum absolute atomic E-state index is 12.1. The second kappa shape index (κ2) is 8.92. The molecule has 0 aliphatic heterocycles. The van der Waals surface area contributed by atoms with Gasteiger partial charge >= 0.3 is 0 Å². The molecule has 2 rings (SSSR count). The molecular formula is C15H20BrClN4O. The maximum atomic E-state index is 12.1. The summed E-state index contributed by atoms with van der Waals surface area (Å²) < 4.78 is 2.74. The van der Waals surface area contributed by atoms with Gasteiger partial charge in [0.25, 0.3) is 5.91 Å². The van der Waals surface area contributed by atoms with E-state index in [2.05, 4.69) is 26.3 Å². The Labute approximate surface area is 144 Å². The normalized spacial score (nSPS) is 10.1. The van der Waals surface area contributed by atoms with Gasteiger partial charge in [-0.1, -0.05) is 22.0 Å². The molecule has 1 aromatic heterocycles. The third kappa shape index (κ3) is 4.56. The Bertz CT molecular complexity index is 630. The summed E-state index contributed by atoms with van der Waals surface area (Å²) in [5.74, 6) is -0.0919. The summed E-state index contributed by atoms with van der Waals surface area (Å²) in [4.78, 5) is 12.1. The molecule has 2 aromatic rings. The van der Waals surface area contributed by atoms with Gasteiger partial charge in [-0.25, -0.2) is 4.68 Å². The van der Waals surface area contributed by atoms with Gasteiger partial charge in [0, 0.05) is 11.0 Å². The van der Waals surface area contributed by atoms with Crippen LogP contribution in [0.2, 0.25) is 0 Å². The number of aromatic nitrogens is 2. The number of hydrogen-bond acceptors (Lipinski definition) is 3. The van der Waals surface area contributed by atoms with Crippen molar-refractivity contribution in [2.24, 2.45) is 5.73 Å². The Morgan fingerprint density at radius 2 is 2.18 bits per heavy atom. The van der Waals surface area contributed by atoms with E-state index in [0.29, 0.717) is 18.7 Å². The molecule has 7 heteroatoms. The quantitative estimate of drug-likeness (QED) is 0.749. The van der Waals surface area contributed by atoms with Gasteiger partial charge < -0.3 is 11.1 Å². The molecule has 0 fully saturated rings. The van der Waals surface area contributed by atoms with Gasteiger partial charge in [-0.3, -0.25) is 4.79 Å². The standard InChI is InChI=1S/C15H19BrN4O.ClH/c1-11-14(15(21)18-8-3-2-7-17)10-19-20(11)13-6-4-5-12(16)9-13;/h4-6,9-10H,2-3,7-8,17H2,1H3,(H,18,21);1H. The van der Waals surface area contributed by atoms with E-state index < -0.39 is 0 Å². The van der Waals surface area contributed by atoms with Crippen LogP contribution in [0.25, 0.3) is 5.69 Å². The van der Waals surface area contributed by atoms with Gasteiger partial charge in [0.2, 0.25) is 0 Å². The second-order valence-electron chi connectivity index (χ2n) is 4.79. The molecule has 0 saturated carbocycles. The zero-order valence-corrected chi connectivity index (χ0v) is 14.8. The maximum Gasteiger partial charge on any atom is 0.254 e. The third-order valence-electron chi connectivity index (χ3n) is 3.22. The lowest BCUT2D eigenvalue weighted by Crippen LogP contribution is -2.25. The molecule has 22 heavy (non-hydrogen) atoms. The molecule has 0 aliphatic carbocycles. The van der Waals surface area contributed by atoms with Gasteiger partial charge in [-0.05, 0) is 44.5 Å². The summed E-state index contributed by atoms with van der Waals surface area (Å²) in [5, 5.41) is 7.20. The molecule has 0 unspecified atom stereocenters. The van der Waals surface area contributed by atoms with E-state index in [9.17, 15) is 4.79 Å². The van der Waals surface area contributed by atoms with Gasteiger partial charge in [0.15, 0.2) is 0 Å². The molecule has 1 amide bonds. The number of rotatable bonds is 6. The van der Waals surface area contributed by atoms with Gasteiger partial charge in [-0.15, -0.1) is 12.4 Å². The highest BCUT2D eigenvalue weighted by atomic mass is 79.9. The zero-order chi connectivity index (χ0) is 15.2. The molecule has 0 saturated heterocycles. The fourth-order valence-electron chi connectivity index (χ4n) is 2.07. The van der Waals surface area contributed by atoms with Crippen LogP contribution in [0, 0.1) is 6.92 Å². The van der Waals surface area contributed by atoms with Crippen LogP contribution in [-0.2, 0) is 0 Å². The number of benzene rings is 1. The van der Waals surface area contributed by atoms with E-state index in [0.717, 1.165) is 28.7 Å². The van der Waals surface area contributed by atoms with Crippen molar-refractivity contribution in [1.82, 2.24) is 15.1 Å². The highest BCUT2D eigenvalue weighted by molar-refractivity contribution is 9.10. The Morgan fingerprint density at radius 1 is 1.41 bits per heavy atom. The summed E-state index contributed by atoms with van der Waals surface area (Å²) in [7, 11) is 0. The smallest absolute Gasteiger partial charge is 0.254 e. The third-order valence-corrected chi connectivity index (χ3v) is 3.72. The van der Waals surface area contributed by atoms with Crippen molar-refractivity contribution < 1.29 is 4.79 Å². The molecule has 0 aliphatic rings. The highest BCUT2D eigenvalue weighted by Crippen LogP contribution is 2.18. The first-order valence-corrected chi connectivity index (χ1v) is 7.71. The molecule has 1 heterocycles. The van der Waals surface area contributed by atoms with Crippen LogP contribution >= 0.6 is 28.3 Å². The van der Waals surface area contributed by atoms with Crippen LogP contribution in [-0.4, -0.2) is 28.8 Å². The molecule has 120 valence electrons. The van der Waals surface area contributed by atoms with Gasteiger partial charge in [-0.2, -0.15) is 5.10 Å². The number of nitrogens with two attached hydrogens (primary N) is 1. The molecule has 0 bridgehead atoms. The predicted octanol–water partition coefficient (Wildman–Crippen LogP) is 2.83. The van der Waals surface area contributed by atoms with E-state index in [4.69, 9.17) is 5.73 Å². The topological polar surface area (TPSA) is 72.9 Å². The Kier molecular flexibility index (Phi) is 7.58. The van der Waals surface area contributed by atoms with E-state index in [1.54, 1.807) is 10.9 Å². The van der Waals surface area contributed by atoms with Crippen molar-refractivity contribution in [2.45, 2.75) is 19.8 Å². The van der Waals surface area contributed by atoms with Crippen LogP contribution < -0.4 is 11.1 Å². The number of carbonyl (C=O) groups is 1. The molecule has 0 spiro atoms. The monoisotopic (exact) mass is 386 g/mol. The van der Waals surface area contributed by atoms with E-state index >= 15 is 0 Å². The Morgan fingerprint density at radius 3 is 2.86 bits per heavy atom. The summed E-state index contributed by atoms with van der Waals surface area (Å²) >= 11 is 3.44. The second-order valence-corrected chi connectivity index (χ2v) is 5.70. The van der Waals surface area contributed by atoms with Crippen molar-refractivity contribution in [3.8, 4) is 5.69 Å². The van der Waals surface area contributed by atoms with Crippen LogP contribution in [0.1, 0.15) is 28.9 Å². The summed E-state index contributed by atoms with van der Waals surface area (Å²) in [6.45, 7) is 3.18.